The van der Waals surface area contributed by atoms with Gasteiger partial charge in [0, 0.05) is 12.3 Å². The number of nitrogens with zero attached hydrogens (tertiary/aromatic N) is 3. The molecule has 130 valence electrons. The lowest BCUT2D eigenvalue weighted by molar-refractivity contribution is -0.707. The molecule has 0 N–H and O–H groups in total. The average Bonchev–Trinajstić information content (AvgIpc) is 3.05. The van der Waals surface area contributed by atoms with Crippen molar-refractivity contribution in [3.05, 3.63) is 80.9 Å². The van der Waals surface area contributed by atoms with Crippen LogP contribution in [0.5, 0.6) is 5.88 Å². The van der Waals surface area contributed by atoms with Gasteiger partial charge in [-0.25, -0.2) is 18.7 Å². The summed E-state index contributed by atoms with van der Waals surface area (Å²) >= 11 is 1.50. The number of hydrogen-bond donors (Lipinski definition) is 0. The normalized spacial score (nSPS) is 11.2. The zero-order chi connectivity index (χ0) is 18.3. The zero-order valence-corrected chi connectivity index (χ0v) is 14.7. The van der Waals surface area contributed by atoms with Gasteiger partial charge in [-0.3, -0.25) is 0 Å². The number of thiazole rings is 1. The van der Waals surface area contributed by atoms with Crippen LogP contribution in [0.4, 0.5) is 4.39 Å². The van der Waals surface area contributed by atoms with Crippen LogP contribution in [0.25, 0.3) is 16.8 Å². The van der Waals surface area contributed by atoms with Gasteiger partial charge in [0.1, 0.15) is 17.9 Å². The van der Waals surface area contributed by atoms with Crippen LogP contribution in [0, 0.1) is 12.7 Å². The van der Waals surface area contributed by atoms with Crippen molar-refractivity contribution in [3.63, 3.8) is 0 Å². The average molecular weight is 367 g/mol. The summed E-state index contributed by atoms with van der Waals surface area (Å²) in [5, 5.41) is 14.0. The van der Waals surface area contributed by atoms with Gasteiger partial charge in [0.15, 0.2) is 0 Å². The van der Waals surface area contributed by atoms with Gasteiger partial charge < -0.3 is 5.11 Å². The Morgan fingerprint density at radius 2 is 2.00 bits per heavy atom. The molecule has 3 aromatic heterocycles. The Kier molecular flexibility index (Phi) is 4.00. The molecule has 5 nitrogen and oxygen atoms in total. The lowest BCUT2D eigenvalue weighted by Gasteiger charge is -2.16. The number of aryl methyl sites for hydroxylation is 1. The van der Waals surface area contributed by atoms with E-state index >= 15 is 0 Å². The van der Waals surface area contributed by atoms with Gasteiger partial charge in [-0.2, -0.15) is 4.40 Å². The molecule has 1 aromatic carbocycles. The number of hydrogen-bond acceptors (Lipinski definition) is 4. The van der Waals surface area contributed by atoms with Crippen molar-refractivity contribution in [1.29, 1.82) is 0 Å². The molecule has 0 radical (unpaired) electrons. The molecule has 0 bridgehead atoms. The summed E-state index contributed by atoms with van der Waals surface area (Å²) in [4.78, 5) is 18.0. The first-order valence-electron chi connectivity index (χ1n) is 7.96. The molecule has 4 rings (SSSR count). The third kappa shape index (κ3) is 2.76. The minimum atomic E-state index is -0.422. The van der Waals surface area contributed by atoms with Crippen LogP contribution in [0.1, 0.15) is 9.88 Å². The summed E-state index contributed by atoms with van der Waals surface area (Å²) in [7, 11) is 0. The molecule has 7 heteroatoms. The van der Waals surface area contributed by atoms with Gasteiger partial charge in [0.25, 0.3) is 5.65 Å². The molecule has 0 aliphatic carbocycles. The fourth-order valence-corrected chi connectivity index (χ4v) is 3.71. The number of fused-ring (bicyclic) bond motifs is 1. The molecule has 0 fully saturated rings. The minimum Gasteiger partial charge on any atom is -0.842 e. The summed E-state index contributed by atoms with van der Waals surface area (Å²) in [6.45, 7) is 2.21. The van der Waals surface area contributed by atoms with Gasteiger partial charge in [-0.15, -0.1) is 11.3 Å². The predicted molar refractivity (Wildman–Crippen MR) is 94.7 cm³/mol. The Labute approximate surface area is 152 Å². The summed E-state index contributed by atoms with van der Waals surface area (Å²) in [5.41, 5.74) is 0.497. The fourth-order valence-electron chi connectivity index (χ4n) is 2.93. The van der Waals surface area contributed by atoms with Crippen molar-refractivity contribution in [2.45, 2.75) is 13.5 Å². The monoisotopic (exact) mass is 367 g/mol. The van der Waals surface area contributed by atoms with E-state index in [1.807, 2.05) is 6.92 Å². The molecule has 0 amide bonds. The highest BCUT2D eigenvalue weighted by Gasteiger charge is 2.20. The summed E-state index contributed by atoms with van der Waals surface area (Å²) in [5.74, 6) is -0.825. The smallest absolute Gasteiger partial charge is 0.349 e. The van der Waals surface area contributed by atoms with E-state index in [0.29, 0.717) is 17.8 Å². The highest BCUT2D eigenvalue weighted by molar-refractivity contribution is 7.11. The maximum Gasteiger partial charge on any atom is 0.349 e. The van der Waals surface area contributed by atoms with Gasteiger partial charge in [0.2, 0.25) is 0 Å². The van der Waals surface area contributed by atoms with E-state index in [9.17, 15) is 14.3 Å². The van der Waals surface area contributed by atoms with E-state index in [2.05, 4.69) is 4.98 Å². The molecule has 4 aromatic rings. The van der Waals surface area contributed by atoms with E-state index in [1.165, 1.54) is 40.0 Å². The van der Waals surface area contributed by atoms with E-state index in [0.717, 1.165) is 9.88 Å². The van der Waals surface area contributed by atoms with E-state index in [-0.39, 0.29) is 5.56 Å². The van der Waals surface area contributed by atoms with Gasteiger partial charge in [-0.05, 0) is 30.7 Å². The highest BCUT2D eigenvalue weighted by Crippen LogP contribution is 2.22. The number of rotatable bonds is 3. The SMILES string of the molecule is Cc1ncc(C[n+]2c([O-])c(-c3ccc(F)cc3)c(=O)n3ccccc32)s1. The number of halogens is 1. The first-order valence-corrected chi connectivity index (χ1v) is 8.77. The summed E-state index contributed by atoms with van der Waals surface area (Å²) in [6, 6.07) is 10.6. The maximum atomic E-state index is 13.3. The Morgan fingerprint density at radius 3 is 2.69 bits per heavy atom. The minimum absolute atomic E-state index is 0.0231. The van der Waals surface area contributed by atoms with E-state index in [4.69, 9.17) is 0 Å². The molecule has 0 aliphatic rings. The standard InChI is InChI=1S/C19H14FN3O2S/c1-12-21-10-15(26-12)11-23-16-4-2-3-9-22(16)18(24)17(19(23)25)13-5-7-14(20)8-6-13/h2-10H,11H2,1H3. The van der Waals surface area contributed by atoms with Crippen molar-refractivity contribution in [1.82, 2.24) is 9.38 Å². The molecule has 26 heavy (non-hydrogen) atoms. The lowest BCUT2D eigenvalue weighted by atomic mass is 10.1. The highest BCUT2D eigenvalue weighted by atomic mass is 32.1. The zero-order valence-electron chi connectivity index (χ0n) is 13.8. The topological polar surface area (TPSA) is 61.3 Å². The van der Waals surface area contributed by atoms with E-state index in [1.54, 1.807) is 35.2 Å². The largest absolute Gasteiger partial charge is 0.842 e. The van der Waals surface area contributed by atoms with Crippen molar-refractivity contribution in [2.24, 2.45) is 0 Å². The second-order valence-electron chi connectivity index (χ2n) is 5.85. The van der Waals surface area contributed by atoms with E-state index < -0.39 is 17.3 Å². The number of pyridine rings is 1. The molecule has 0 aliphatic heterocycles. The van der Waals surface area contributed by atoms with Crippen molar-refractivity contribution < 1.29 is 14.1 Å². The molecule has 3 heterocycles. The van der Waals surface area contributed by atoms with Crippen LogP contribution in [0.3, 0.4) is 0 Å². The molecule has 0 saturated heterocycles. The first kappa shape index (κ1) is 16.4. The number of benzene rings is 1. The summed E-state index contributed by atoms with van der Waals surface area (Å²) in [6.07, 6.45) is 3.35. The number of aromatic nitrogens is 3. The van der Waals surface area contributed by atoms with Crippen molar-refractivity contribution >= 4 is 17.0 Å². The van der Waals surface area contributed by atoms with Crippen LogP contribution in [-0.4, -0.2) is 9.38 Å². The molecule has 0 spiro atoms. The molecular weight excluding hydrogens is 353 g/mol. The third-order valence-corrected chi connectivity index (χ3v) is 5.02. The Morgan fingerprint density at radius 1 is 1.23 bits per heavy atom. The summed E-state index contributed by atoms with van der Waals surface area (Å²) < 4.78 is 16.2. The van der Waals surface area contributed by atoms with Gasteiger partial charge >= 0.3 is 5.56 Å². The Bertz CT molecular complexity index is 1170. The molecule has 0 atom stereocenters. The second kappa shape index (κ2) is 6.34. The van der Waals surface area contributed by atoms with Crippen molar-refractivity contribution in [3.8, 4) is 17.0 Å². The Balaban J connectivity index is 2.00. The fraction of sp³-hybridized carbons (Fsp3) is 0.105. The van der Waals surface area contributed by atoms with Crippen LogP contribution >= 0.6 is 11.3 Å². The van der Waals surface area contributed by atoms with Crippen molar-refractivity contribution in [2.75, 3.05) is 0 Å². The van der Waals surface area contributed by atoms with Crippen LogP contribution in [0.2, 0.25) is 0 Å². The van der Waals surface area contributed by atoms with Crippen LogP contribution < -0.4 is 15.2 Å². The molecule has 0 saturated carbocycles. The van der Waals surface area contributed by atoms with Gasteiger partial charge in [-0.1, -0.05) is 18.2 Å². The predicted octanol–water partition coefficient (Wildman–Crippen LogP) is 2.28. The quantitative estimate of drug-likeness (QED) is 0.522. The Hall–Kier alpha value is -3.06. The lowest BCUT2D eigenvalue weighted by Crippen LogP contribution is -2.44. The third-order valence-electron chi connectivity index (χ3n) is 4.12. The first-order chi connectivity index (χ1) is 12.5. The molecular formula is C19H14FN3O2S. The second-order valence-corrected chi connectivity index (χ2v) is 7.17. The van der Waals surface area contributed by atoms with Crippen LogP contribution in [-0.2, 0) is 6.54 Å². The van der Waals surface area contributed by atoms with Gasteiger partial charge in [0.05, 0.1) is 22.0 Å². The van der Waals surface area contributed by atoms with Crippen LogP contribution in [0.15, 0.2) is 59.7 Å². The maximum absolute atomic E-state index is 13.3. The molecule has 0 unspecified atom stereocenters.